The van der Waals surface area contributed by atoms with E-state index in [1.165, 1.54) is 167 Å². The number of hydrogen-bond donors (Lipinski definition) is 3. The number of aliphatic hydroxyl groups is 2. The maximum Gasteiger partial charge on any atom is 0.220 e. The highest BCUT2D eigenvalue weighted by molar-refractivity contribution is 5.76. The lowest BCUT2D eigenvalue weighted by Crippen LogP contribution is -2.45. The number of hydrogen-bond acceptors (Lipinski definition) is 3. The molecule has 0 aromatic heterocycles. The van der Waals surface area contributed by atoms with Gasteiger partial charge in [0.05, 0.1) is 18.8 Å². The minimum atomic E-state index is -0.846. The molecule has 0 heterocycles. The molecule has 3 N–H and O–H groups in total. The summed E-state index contributed by atoms with van der Waals surface area (Å²) in [5, 5.41) is 22.8. The monoisotopic (exact) mass is 648 g/mol. The van der Waals surface area contributed by atoms with Crippen LogP contribution in [0.1, 0.15) is 219 Å². The Hall–Kier alpha value is -1.13. The van der Waals surface area contributed by atoms with E-state index in [1.54, 1.807) is 6.08 Å². The van der Waals surface area contributed by atoms with Crippen molar-refractivity contribution in [1.82, 2.24) is 5.32 Å². The summed E-state index contributed by atoms with van der Waals surface area (Å²) in [6, 6.07) is -0.632. The Bertz CT molecular complexity index is 661. The van der Waals surface area contributed by atoms with Crippen LogP contribution in [0.2, 0.25) is 0 Å². The average Bonchev–Trinajstić information content (AvgIpc) is 3.06. The lowest BCUT2D eigenvalue weighted by atomic mass is 10.0. The lowest BCUT2D eigenvalue weighted by Gasteiger charge is -2.19. The van der Waals surface area contributed by atoms with Crippen molar-refractivity contribution in [2.75, 3.05) is 6.61 Å². The summed E-state index contributed by atoms with van der Waals surface area (Å²) < 4.78 is 0. The van der Waals surface area contributed by atoms with Crippen molar-refractivity contribution in [3.05, 3.63) is 24.3 Å². The summed E-state index contributed by atoms with van der Waals surface area (Å²) in [6.45, 7) is 4.26. The zero-order valence-corrected chi connectivity index (χ0v) is 31.1. The van der Waals surface area contributed by atoms with Crippen LogP contribution in [-0.4, -0.2) is 34.9 Å². The molecule has 0 aromatic rings. The summed E-state index contributed by atoms with van der Waals surface area (Å²) in [5.41, 5.74) is 0. The molecule has 0 aromatic carbocycles. The minimum absolute atomic E-state index is 0.0994. The van der Waals surface area contributed by atoms with E-state index in [4.69, 9.17) is 0 Å². The van der Waals surface area contributed by atoms with Gasteiger partial charge in [0.1, 0.15) is 0 Å². The molecule has 0 aliphatic heterocycles. The standard InChI is InChI=1S/C42H81NO3/c1-3-5-7-9-11-13-14-15-16-17-18-19-20-21-22-23-24-25-26-27-28-30-31-33-35-37-41(45)40(39-44)43-42(46)38-36-34-32-29-12-10-8-6-4-2/h29,32,35,37,40-41,44-45H,3-28,30-31,33-34,36,38-39H2,1-2H3,(H,43,46)/b32-29-,37-35+. The van der Waals surface area contributed by atoms with Gasteiger partial charge in [-0.05, 0) is 38.5 Å². The molecular weight excluding hydrogens is 566 g/mol. The predicted molar refractivity (Wildman–Crippen MR) is 202 cm³/mol. The Labute approximate surface area is 288 Å². The Morgan fingerprint density at radius 3 is 1.22 bits per heavy atom. The predicted octanol–water partition coefficient (Wildman–Crippen LogP) is 12.5. The van der Waals surface area contributed by atoms with Gasteiger partial charge in [-0.1, -0.05) is 199 Å². The first-order valence-electron chi connectivity index (χ1n) is 20.6. The van der Waals surface area contributed by atoms with Crippen molar-refractivity contribution in [1.29, 1.82) is 0 Å². The van der Waals surface area contributed by atoms with E-state index in [-0.39, 0.29) is 12.5 Å². The smallest absolute Gasteiger partial charge is 0.220 e. The highest BCUT2D eigenvalue weighted by Gasteiger charge is 2.17. The van der Waals surface area contributed by atoms with Crippen LogP contribution >= 0.6 is 0 Å². The van der Waals surface area contributed by atoms with Crippen LogP contribution in [-0.2, 0) is 4.79 Å². The number of carbonyl (C=O) groups is 1. The molecule has 4 nitrogen and oxygen atoms in total. The van der Waals surface area contributed by atoms with Gasteiger partial charge in [0.15, 0.2) is 0 Å². The van der Waals surface area contributed by atoms with Crippen molar-refractivity contribution < 1.29 is 15.0 Å². The van der Waals surface area contributed by atoms with Crippen molar-refractivity contribution in [3.8, 4) is 0 Å². The fraction of sp³-hybridized carbons (Fsp3) is 0.881. The van der Waals surface area contributed by atoms with Gasteiger partial charge in [-0.2, -0.15) is 0 Å². The zero-order chi connectivity index (χ0) is 33.6. The summed E-state index contributed by atoms with van der Waals surface area (Å²) in [7, 11) is 0. The van der Waals surface area contributed by atoms with E-state index >= 15 is 0 Å². The molecule has 0 radical (unpaired) electrons. The zero-order valence-electron chi connectivity index (χ0n) is 31.1. The third kappa shape index (κ3) is 34.2. The Balaban J connectivity index is 3.49. The molecule has 0 saturated carbocycles. The van der Waals surface area contributed by atoms with Crippen LogP contribution in [0.3, 0.4) is 0 Å². The summed E-state index contributed by atoms with van der Waals surface area (Å²) in [4.78, 5) is 12.2. The van der Waals surface area contributed by atoms with Gasteiger partial charge in [-0.3, -0.25) is 4.79 Å². The minimum Gasteiger partial charge on any atom is -0.394 e. The number of aliphatic hydroxyl groups excluding tert-OH is 2. The second-order valence-electron chi connectivity index (χ2n) is 14.1. The number of unbranched alkanes of at least 4 members (excludes halogenated alkanes) is 28. The van der Waals surface area contributed by atoms with Crippen LogP contribution in [0, 0.1) is 0 Å². The molecule has 0 rings (SSSR count). The first kappa shape index (κ1) is 44.9. The average molecular weight is 648 g/mol. The van der Waals surface area contributed by atoms with Crippen LogP contribution in [0.4, 0.5) is 0 Å². The molecule has 0 bridgehead atoms. The molecule has 272 valence electrons. The van der Waals surface area contributed by atoms with Gasteiger partial charge in [0, 0.05) is 6.42 Å². The van der Waals surface area contributed by atoms with E-state index in [2.05, 4.69) is 31.3 Å². The molecule has 0 spiro atoms. The molecule has 4 heteroatoms. The SMILES string of the molecule is CCCCCC/C=C\CCCC(=O)NC(CO)C(O)/C=C/CCCCCCCCCCCCCCCCCCCCCCCCC. The van der Waals surface area contributed by atoms with Crippen LogP contribution in [0.25, 0.3) is 0 Å². The molecule has 0 saturated heterocycles. The molecule has 0 aliphatic carbocycles. The van der Waals surface area contributed by atoms with E-state index in [0.29, 0.717) is 6.42 Å². The normalized spacial score (nSPS) is 13.2. The second kappa shape index (κ2) is 38.3. The van der Waals surface area contributed by atoms with Gasteiger partial charge in [-0.15, -0.1) is 0 Å². The van der Waals surface area contributed by atoms with Gasteiger partial charge < -0.3 is 15.5 Å². The van der Waals surface area contributed by atoms with Crippen molar-refractivity contribution in [2.45, 2.75) is 231 Å². The third-order valence-electron chi connectivity index (χ3n) is 9.43. The Morgan fingerprint density at radius 2 is 0.826 bits per heavy atom. The topological polar surface area (TPSA) is 69.6 Å². The molecule has 46 heavy (non-hydrogen) atoms. The van der Waals surface area contributed by atoms with Crippen LogP contribution in [0.5, 0.6) is 0 Å². The fourth-order valence-electron chi connectivity index (χ4n) is 6.24. The highest BCUT2D eigenvalue weighted by Crippen LogP contribution is 2.16. The number of carbonyl (C=O) groups excluding carboxylic acids is 1. The molecule has 0 fully saturated rings. The van der Waals surface area contributed by atoms with Crippen LogP contribution < -0.4 is 5.32 Å². The maximum atomic E-state index is 12.2. The number of allylic oxidation sites excluding steroid dienone is 3. The molecule has 2 unspecified atom stereocenters. The van der Waals surface area contributed by atoms with Gasteiger partial charge in [0.25, 0.3) is 0 Å². The number of rotatable bonds is 37. The Morgan fingerprint density at radius 1 is 0.500 bits per heavy atom. The Kier molecular flexibility index (Phi) is 37.4. The largest absolute Gasteiger partial charge is 0.394 e. The van der Waals surface area contributed by atoms with Crippen LogP contribution in [0.15, 0.2) is 24.3 Å². The maximum absolute atomic E-state index is 12.2. The number of nitrogens with one attached hydrogen (secondary N) is 1. The summed E-state index contributed by atoms with van der Waals surface area (Å²) in [6.07, 6.45) is 48.7. The van der Waals surface area contributed by atoms with Gasteiger partial charge in [0.2, 0.25) is 5.91 Å². The van der Waals surface area contributed by atoms with E-state index < -0.39 is 12.1 Å². The molecule has 2 atom stereocenters. The number of amides is 1. The second-order valence-corrected chi connectivity index (χ2v) is 14.1. The molecule has 1 amide bonds. The quantitative estimate of drug-likeness (QED) is 0.0464. The summed E-state index contributed by atoms with van der Waals surface area (Å²) in [5.74, 6) is -0.0994. The molecular formula is C42H81NO3. The first-order valence-corrected chi connectivity index (χ1v) is 20.6. The highest BCUT2D eigenvalue weighted by atomic mass is 16.3. The molecule has 0 aliphatic rings. The van der Waals surface area contributed by atoms with Crippen molar-refractivity contribution in [2.24, 2.45) is 0 Å². The van der Waals surface area contributed by atoms with E-state index in [1.807, 2.05) is 6.08 Å². The van der Waals surface area contributed by atoms with Crippen molar-refractivity contribution >= 4 is 5.91 Å². The lowest BCUT2D eigenvalue weighted by molar-refractivity contribution is -0.122. The third-order valence-corrected chi connectivity index (χ3v) is 9.43. The van der Waals surface area contributed by atoms with Crippen molar-refractivity contribution in [3.63, 3.8) is 0 Å². The van der Waals surface area contributed by atoms with Gasteiger partial charge >= 0.3 is 0 Å². The first-order chi connectivity index (χ1) is 22.7. The van der Waals surface area contributed by atoms with E-state index in [0.717, 1.165) is 32.1 Å². The van der Waals surface area contributed by atoms with Gasteiger partial charge in [-0.25, -0.2) is 0 Å². The van der Waals surface area contributed by atoms with E-state index in [9.17, 15) is 15.0 Å². The summed E-state index contributed by atoms with van der Waals surface area (Å²) >= 11 is 0. The fourth-order valence-corrected chi connectivity index (χ4v) is 6.24.